The lowest BCUT2D eigenvalue weighted by atomic mass is 10.1. The Hall–Kier alpha value is -3.10. The Balaban J connectivity index is 1.39. The minimum Gasteiger partial charge on any atom is -0.496 e. The van der Waals surface area contributed by atoms with Crippen LogP contribution in [0.15, 0.2) is 48.8 Å². The number of rotatable bonds is 6. The Bertz CT molecular complexity index is 1030. The number of aromatic nitrogens is 3. The molecule has 0 unspecified atom stereocenters. The summed E-state index contributed by atoms with van der Waals surface area (Å²) in [4.78, 5) is 21.5. The topological polar surface area (TPSA) is 75.5 Å². The number of anilines is 2. The Kier molecular flexibility index (Phi) is 6.39. The van der Waals surface area contributed by atoms with E-state index in [1.54, 1.807) is 24.2 Å². The highest BCUT2D eigenvalue weighted by Gasteiger charge is 2.20. The Morgan fingerprint density at radius 3 is 2.65 bits per heavy atom. The van der Waals surface area contributed by atoms with Crippen LogP contribution in [-0.4, -0.2) is 65.4 Å². The molecule has 1 aromatic carbocycles. The number of carbonyl (C=O) groups is 1. The molecule has 3 heterocycles. The molecule has 0 spiro atoms. The zero-order valence-electron chi connectivity index (χ0n) is 17.6. The molecule has 8 nitrogen and oxygen atoms in total. The number of piperazine rings is 1. The van der Waals surface area contributed by atoms with Gasteiger partial charge >= 0.3 is 0 Å². The first-order valence-electron chi connectivity index (χ1n) is 10.1. The summed E-state index contributed by atoms with van der Waals surface area (Å²) < 4.78 is 7.16. The first-order chi connectivity index (χ1) is 15.0. The predicted molar refractivity (Wildman–Crippen MR) is 122 cm³/mol. The maximum absolute atomic E-state index is 12.7. The summed E-state index contributed by atoms with van der Waals surface area (Å²) >= 11 is 6.31. The van der Waals surface area contributed by atoms with Crippen molar-refractivity contribution in [2.24, 2.45) is 7.05 Å². The number of amides is 1. The molecule has 3 aromatic rings. The van der Waals surface area contributed by atoms with Crippen molar-refractivity contribution in [1.82, 2.24) is 19.7 Å². The SMILES string of the molecule is COc1ccc(NC(=O)CN2CCN(c3ccccn3)CC2)cc1-c1c(Cl)cnn1C. The molecule has 4 rings (SSSR count). The van der Waals surface area contributed by atoms with Crippen molar-refractivity contribution in [2.45, 2.75) is 0 Å². The number of methoxy groups -OCH3 is 1. The van der Waals surface area contributed by atoms with Gasteiger partial charge in [0.2, 0.25) is 5.91 Å². The standard InChI is InChI=1S/C22H25ClN6O2/c1-27-22(18(23)14-25-27)17-13-16(6-7-19(17)31-2)26-21(30)15-28-9-11-29(12-10-28)20-5-3-4-8-24-20/h3-8,13-14H,9-12,15H2,1-2H3,(H,26,30). The van der Waals surface area contributed by atoms with Gasteiger partial charge in [-0.25, -0.2) is 4.98 Å². The highest BCUT2D eigenvalue weighted by Crippen LogP contribution is 2.36. The van der Waals surface area contributed by atoms with E-state index in [1.165, 1.54) is 0 Å². The molecular formula is C22H25ClN6O2. The second kappa shape index (κ2) is 9.36. The van der Waals surface area contributed by atoms with Crippen molar-refractivity contribution < 1.29 is 9.53 Å². The summed E-state index contributed by atoms with van der Waals surface area (Å²) in [6.07, 6.45) is 3.39. The van der Waals surface area contributed by atoms with Crippen molar-refractivity contribution >= 4 is 29.0 Å². The van der Waals surface area contributed by atoms with Gasteiger partial charge in [-0.2, -0.15) is 5.10 Å². The maximum atomic E-state index is 12.7. The molecule has 9 heteroatoms. The molecule has 0 bridgehead atoms. The smallest absolute Gasteiger partial charge is 0.238 e. The lowest BCUT2D eigenvalue weighted by molar-refractivity contribution is -0.117. The average Bonchev–Trinajstić information content (AvgIpc) is 3.12. The van der Waals surface area contributed by atoms with Crippen LogP contribution in [0.1, 0.15) is 0 Å². The van der Waals surface area contributed by atoms with Gasteiger partial charge in [0, 0.05) is 50.7 Å². The van der Waals surface area contributed by atoms with Gasteiger partial charge in [0.1, 0.15) is 11.6 Å². The van der Waals surface area contributed by atoms with E-state index in [1.807, 2.05) is 43.4 Å². The molecule has 1 fully saturated rings. The number of pyridine rings is 1. The number of ether oxygens (including phenoxy) is 1. The number of hydrogen-bond acceptors (Lipinski definition) is 6. The lowest BCUT2D eigenvalue weighted by Crippen LogP contribution is -2.48. The summed E-state index contributed by atoms with van der Waals surface area (Å²) in [6.45, 7) is 3.64. The van der Waals surface area contributed by atoms with Crippen molar-refractivity contribution in [3.05, 3.63) is 53.8 Å². The summed E-state index contributed by atoms with van der Waals surface area (Å²) in [5.41, 5.74) is 2.19. The van der Waals surface area contributed by atoms with Gasteiger partial charge in [0.25, 0.3) is 0 Å². The zero-order valence-corrected chi connectivity index (χ0v) is 18.3. The summed E-state index contributed by atoms with van der Waals surface area (Å²) in [5.74, 6) is 1.58. The fourth-order valence-electron chi connectivity index (χ4n) is 3.76. The van der Waals surface area contributed by atoms with Crippen LogP contribution in [0.5, 0.6) is 5.75 Å². The number of nitrogens with one attached hydrogen (secondary N) is 1. The van der Waals surface area contributed by atoms with E-state index < -0.39 is 0 Å². The van der Waals surface area contributed by atoms with Crippen LogP contribution in [0.3, 0.4) is 0 Å². The molecule has 0 saturated carbocycles. The van der Waals surface area contributed by atoms with Gasteiger partial charge in [-0.15, -0.1) is 0 Å². The average molecular weight is 441 g/mol. The van der Waals surface area contributed by atoms with Gasteiger partial charge < -0.3 is 15.0 Å². The summed E-state index contributed by atoms with van der Waals surface area (Å²) in [6, 6.07) is 11.4. The summed E-state index contributed by atoms with van der Waals surface area (Å²) in [5, 5.41) is 7.70. The second-order valence-corrected chi connectivity index (χ2v) is 7.79. The monoisotopic (exact) mass is 440 g/mol. The molecule has 162 valence electrons. The Morgan fingerprint density at radius 2 is 2.00 bits per heavy atom. The van der Waals surface area contributed by atoms with E-state index in [0.717, 1.165) is 43.3 Å². The van der Waals surface area contributed by atoms with Crippen molar-refractivity contribution in [2.75, 3.05) is 50.1 Å². The number of halogens is 1. The fraction of sp³-hybridized carbons (Fsp3) is 0.318. The third-order valence-corrected chi connectivity index (χ3v) is 5.62. The quantitative estimate of drug-likeness (QED) is 0.635. The van der Waals surface area contributed by atoms with Crippen molar-refractivity contribution in [1.29, 1.82) is 0 Å². The first kappa shape index (κ1) is 21.1. The van der Waals surface area contributed by atoms with Gasteiger partial charge in [-0.3, -0.25) is 14.4 Å². The van der Waals surface area contributed by atoms with Crippen LogP contribution >= 0.6 is 11.6 Å². The second-order valence-electron chi connectivity index (χ2n) is 7.38. The molecule has 0 atom stereocenters. The van der Waals surface area contributed by atoms with Gasteiger partial charge in [-0.05, 0) is 30.3 Å². The molecule has 0 aliphatic carbocycles. The third kappa shape index (κ3) is 4.81. The molecule has 1 aliphatic rings. The van der Waals surface area contributed by atoms with Gasteiger partial charge in [0.15, 0.2) is 0 Å². The maximum Gasteiger partial charge on any atom is 0.238 e. The van der Waals surface area contributed by atoms with E-state index in [2.05, 4.69) is 25.2 Å². The molecule has 1 aliphatic heterocycles. The molecule has 1 amide bonds. The van der Waals surface area contributed by atoms with Crippen LogP contribution in [0.2, 0.25) is 5.02 Å². The number of aryl methyl sites for hydroxylation is 1. The van der Waals surface area contributed by atoms with Crippen molar-refractivity contribution in [3.63, 3.8) is 0 Å². The fourth-order valence-corrected chi connectivity index (χ4v) is 4.03. The van der Waals surface area contributed by atoms with Crippen LogP contribution in [0.4, 0.5) is 11.5 Å². The molecule has 1 saturated heterocycles. The molecule has 2 aromatic heterocycles. The van der Waals surface area contributed by atoms with E-state index in [9.17, 15) is 4.79 Å². The highest BCUT2D eigenvalue weighted by atomic mass is 35.5. The largest absolute Gasteiger partial charge is 0.496 e. The first-order valence-corrected chi connectivity index (χ1v) is 10.5. The molecule has 31 heavy (non-hydrogen) atoms. The summed E-state index contributed by atoms with van der Waals surface area (Å²) in [7, 11) is 3.42. The number of hydrogen-bond donors (Lipinski definition) is 1. The number of nitrogens with zero attached hydrogens (tertiary/aromatic N) is 5. The third-order valence-electron chi connectivity index (χ3n) is 5.35. The lowest BCUT2D eigenvalue weighted by Gasteiger charge is -2.34. The number of benzene rings is 1. The molecular weight excluding hydrogens is 416 g/mol. The van der Waals surface area contributed by atoms with E-state index in [-0.39, 0.29) is 5.91 Å². The van der Waals surface area contributed by atoms with Crippen LogP contribution in [0, 0.1) is 0 Å². The Morgan fingerprint density at radius 1 is 1.19 bits per heavy atom. The minimum absolute atomic E-state index is 0.0569. The van der Waals surface area contributed by atoms with Crippen LogP contribution < -0.4 is 15.0 Å². The van der Waals surface area contributed by atoms with Gasteiger partial charge in [-0.1, -0.05) is 17.7 Å². The van der Waals surface area contributed by atoms with E-state index in [4.69, 9.17) is 16.3 Å². The van der Waals surface area contributed by atoms with Gasteiger partial charge in [0.05, 0.1) is 30.6 Å². The van der Waals surface area contributed by atoms with E-state index >= 15 is 0 Å². The van der Waals surface area contributed by atoms with E-state index in [0.29, 0.717) is 23.0 Å². The highest BCUT2D eigenvalue weighted by molar-refractivity contribution is 6.33. The van der Waals surface area contributed by atoms with Crippen molar-refractivity contribution in [3.8, 4) is 17.0 Å². The Labute approximate surface area is 186 Å². The van der Waals surface area contributed by atoms with Crippen LogP contribution in [0.25, 0.3) is 11.3 Å². The zero-order chi connectivity index (χ0) is 21.8. The molecule has 0 radical (unpaired) electrons. The number of carbonyl (C=O) groups excluding carboxylic acids is 1. The molecule has 1 N–H and O–H groups in total. The normalized spacial score (nSPS) is 14.5. The van der Waals surface area contributed by atoms with Crippen LogP contribution in [-0.2, 0) is 11.8 Å². The minimum atomic E-state index is -0.0569. The predicted octanol–water partition coefficient (Wildman–Crippen LogP) is 2.90.